The van der Waals surface area contributed by atoms with Crippen molar-refractivity contribution in [2.24, 2.45) is 0 Å². The maximum atomic E-state index is 12.4. The van der Waals surface area contributed by atoms with Crippen molar-refractivity contribution in [2.75, 3.05) is 10.6 Å². The number of benzene rings is 2. The van der Waals surface area contributed by atoms with Gasteiger partial charge in [0.25, 0.3) is 5.91 Å². The minimum absolute atomic E-state index is 0.182. The van der Waals surface area contributed by atoms with E-state index in [4.69, 9.17) is 23.2 Å². The molecule has 0 spiro atoms. The van der Waals surface area contributed by atoms with E-state index in [0.717, 1.165) is 4.90 Å². The van der Waals surface area contributed by atoms with Crippen molar-refractivity contribution in [3.63, 3.8) is 0 Å². The number of amides is 2. The lowest BCUT2D eigenvalue weighted by atomic mass is 10.2. The van der Waals surface area contributed by atoms with E-state index in [1.165, 1.54) is 18.0 Å². The number of pyridine rings is 1. The summed E-state index contributed by atoms with van der Waals surface area (Å²) in [6.07, 6.45) is 1.47. The van der Waals surface area contributed by atoms with Crippen LogP contribution in [0, 0.1) is 0 Å². The van der Waals surface area contributed by atoms with E-state index < -0.39 is 0 Å². The Morgan fingerprint density at radius 1 is 0.966 bits per heavy atom. The third kappa shape index (κ3) is 6.22. The molecule has 0 radical (unpaired) electrons. The second-order valence-electron chi connectivity index (χ2n) is 6.10. The number of halogens is 2. The number of nitrogens with one attached hydrogen (secondary N) is 2. The predicted molar refractivity (Wildman–Crippen MR) is 119 cm³/mol. The number of thioether (sulfide) groups is 1. The first-order chi connectivity index (χ1) is 13.9. The summed E-state index contributed by atoms with van der Waals surface area (Å²) in [4.78, 5) is 29.7. The molecule has 0 bridgehead atoms. The number of hydrogen-bond donors (Lipinski definition) is 2. The van der Waals surface area contributed by atoms with E-state index in [9.17, 15) is 9.59 Å². The van der Waals surface area contributed by atoms with Gasteiger partial charge in [-0.15, -0.1) is 11.8 Å². The molecule has 2 N–H and O–H groups in total. The molecule has 8 heteroatoms. The van der Waals surface area contributed by atoms with Gasteiger partial charge < -0.3 is 10.6 Å². The Labute approximate surface area is 182 Å². The first-order valence-corrected chi connectivity index (χ1v) is 10.3. The van der Waals surface area contributed by atoms with Gasteiger partial charge in [0.05, 0.1) is 10.3 Å². The molecule has 5 nitrogen and oxygen atoms in total. The quantitative estimate of drug-likeness (QED) is 0.473. The lowest BCUT2D eigenvalue weighted by molar-refractivity contribution is -0.115. The molecule has 1 unspecified atom stereocenters. The van der Waals surface area contributed by atoms with Crippen molar-refractivity contribution in [1.82, 2.24) is 4.98 Å². The number of nitrogens with zero attached hydrogens (tertiary/aromatic N) is 1. The molecule has 1 atom stereocenters. The van der Waals surface area contributed by atoms with Crippen molar-refractivity contribution >= 4 is 58.3 Å². The molecular formula is C21H17Cl2N3O2S. The maximum absolute atomic E-state index is 12.4. The highest BCUT2D eigenvalue weighted by molar-refractivity contribution is 8.00. The van der Waals surface area contributed by atoms with Crippen LogP contribution in [0.5, 0.6) is 0 Å². The van der Waals surface area contributed by atoms with Crippen LogP contribution in [-0.2, 0) is 4.79 Å². The Bertz CT molecular complexity index is 1030. The van der Waals surface area contributed by atoms with Crippen LogP contribution in [0.3, 0.4) is 0 Å². The van der Waals surface area contributed by atoms with Crippen LogP contribution in [0.1, 0.15) is 17.3 Å². The molecule has 0 saturated carbocycles. The number of carbonyl (C=O) groups is 2. The molecule has 0 aliphatic rings. The third-order valence-electron chi connectivity index (χ3n) is 3.84. The van der Waals surface area contributed by atoms with Gasteiger partial charge in [-0.2, -0.15) is 0 Å². The second-order valence-corrected chi connectivity index (χ2v) is 8.39. The first kappa shape index (κ1) is 21.2. The van der Waals surface area contributed by atoms with Crippen LogP contribution in [0.25, 0.3) is 0 Å². The summed E-state index contributed by atoms with van der Waals surface area (Å²) in [6.45, 7) is 1.80. The lowest BCUT2D eigenvalue weighted by Crippen LogP contribution is -2.22. The number of aromatic nitrogens is 1. The number of carbonyl (C=O) groups excluding carboxylic acids is 2. The summed E-state index contributed by atoms with van der Waals surface area (Å²) in [5, 5.41) is 6.22. The molecule has 3 rings (SSSR count). The molecular weight excluding hydrogens is 429 g/mol. The molecule has 1 aromatic heterocycles. The maximum Gasteiger partial charge on any atom is 0.255 e. The fourth-order valence-electron chi connectivity index (χ4n) is 2.42. The van der Waals surface area contributed by atoms with Crippen molar-refractivity contribution in [3.05, 3.63) is 82.5 Å². The summed E-state index contributed by atoms with van der Waals surface area (Å²) >= 11 is 13.1. The topological polar surface area (TPSA) is 71.1 Å². The largest absolute Gasteiger partial charge is 0.322 e. The van der Waals surface area contributed by atoms with Crippen LogP contribution < -0.4 is 10.6 Å². The zero-order valence-electron chi connectivity index (χ0n) is 15.4. The standard InChI is InChI=1S/C21H17Cl2N3O2S/c1-13(20(27)26-19-9-8-16(23)12-24-19)29-18-7-3-6-17(11-18)25-21(28)14-4-2-5-15(22)10-14/h2-13H,1H3,(H,25,28)(H,24,26,27). The molecule has 3 aromatic rings. The van der Waals surface area contributed by atoms with Gasteiger partial charge in [-0.1, -0.05) is 35.3 Å². The first-order valence-electron chi connectivity index (χ1n) is 8.67. The monoisotopic (exact) mass is 445 g/mol. The average Bonchev–Trinajstić information content (AvgIpc) is 2.70. The smallest absolute Gasteiger partial charge is 0.255 e. The van der Waals surface area contributed by atoms with Crippen molar-refractivity contribution in [2.45, 2.75) is 17.1 Å². The van der Waals surface area contributed by atoms with Gasteiger partial charge in [0.1, 0.15) is 5.82 Å². The van der Waals surface area contributed by atoms with E-state index in [0.29, 0.717) is 27.1 Å². The van der Waals surface area contributed by atoms with Crippen LogP contribution >= 0.6 is 35.0 Å². The fourth-order valence-corrected chi connectivity index (χ4v) is 3.64. The van der Waals surface area contributed by atoms with Crippen LogP contribution in [0.2, 0.25) is 10.0 Å². The van der Waals surface area contributed by atoms with Gasteiger partial charge in [-0.25, -0.2) is 4.98 Å². The molecule has 0 aliphatic heterocycles. The molecule has 0 saturated heterocycles. The van der Waals surface area contributed by atoms with Gasteiger partial charge in [0.2, 0.25) is 5.91 Å². The van der Waals surface area contributed by atoms with Crippen molar-refractivity contribution in [1.29, 1.82) is 0 Å². The van der Waals surface area contributed by atoms with E-state index in [2.05, 4.69) is 15.6 Å². The zero-order valence-corrected chi connectivity index (χ0v) is 17.7. The normalized spacial score (nSPS) is 11.6. The lowest BCUT2D eigenvalue weighted by Gasteiger charge is -2.13. The van der Waals surface area contributed by atoms with E-state index >= 15 is 0 Å². The average molecular weight is 446 g/mol. The Hall–Kier alpha value is -2.54. The molecule has 2 amide bonds. The SMILES string of the molecule is CC(Sc1cccc(NC(=O)c2cccc(Cl)c2)c1)C(=O)Nc1ccc(Cl)cn1. The van der Waals surface area contributed by atoms with Crippen LogP contribution in [0.4, 0.5) is 11.5 Å². The Morgan fingerprint density at radius 3 is 2.48 bits per heavy atom. The summed E-state index contributed by atoms with van der Waals surface area (Å²) in [5.74, 6) is 0.00169. The summed E-state index contributed by atoms with van der Waals surface area (Å²) in [7, 11) is 0. The fraction of sp³-hybridized carbons (Fsp3) is 0.0952. The van der Waals surface area contributed by atoms with Gasteiger partial charge in [0, 0.05) is 27.4 Å². The van der Waals surface area contributed by atoms with Crippen LogP contribution in [0.15, 0.2) is 71.8 Å². The molecule has 0 aliphatic carbocycles. The minimum Gasteiger partial charge on any atom is -0.322 e. The van der Waals surface area contributed by atoms with Gasteiger partial charge in [-0.05, 0) is 55.5 Å². The molecule has 0 fully saturated rings. The van der Waals surface area contributed by atoms with Gasteiger partial charge in [0.15, 0.2) is 0 Å². The molecule has 2 aromatic carbocycles. The van der Waals surface area contributed by atoms with E-state index in [1.807, 2.05) is 18.2 Å². The Balaban J connectivity index is 1.62. The number of hydrogen-bond acceptors (Lipinski definition) is 4. The molecule has 1 heterocycles. The Kier molecular flexibility index (Phi) is 7.14. The van der Waals surface area contributed by atoms with Gasteiger partial charge >= 0.3 is 0 Å². The van der Waals surface area contributed by atoms with Crippen molar-refractivity contribution < 1.29 is 9.59 Å². The highest BCUT2D eigenvalue weighted by atomic mass is 35.5. The van der Waals surface area contributed by atoms with Crippen LogP contribution in [-0.4, -0.2) is 22.0 Å². The summed E-state index contributed by atoms with van der Waals surface area (Å²) in [5.41, 5.74) is 1.10. The highest BCUT2D eigenvalue weighted by Gasteiger charge is 2.16. The minimum atomic E-state index is -0.369. The van der Waals surface area contributed by atoms with Gasteiger partial charge in [-0.3, -0.25) is 9.59 Å². The van der Waals surface area contributed by atoms with Crippen molar-refractivity contribution in [3.8, 4) is 0 Å². The van der Waals surface area contributed by atoms with E-state index in [-0.39, 0.29) is 17.1 Å². The summed E-state index contributed by atoms with van der Waals surface area (Å²) < 4.78 is 0. The predicted octanol–water partition coefficient (Wildman–Crippen LogP) is 5.76. The summed E-state index contributed by atoms with van der Waals surface area (Å²) in [6, 6.07) is 17.3. The Morgan fingerprint density at radius 2 is 1.76 bits per heavy atom. The molecule has 148 valence electrons. The highest BCUT2D eigenvalue weighted by Crippen LogP contribution is 2.27. The third-order valence-corrected chi connectivity index (χ3v) is 5.39. The number of rotatable bonds is 6. The zero-order chi connectivity index (χ0) is 20.8. The number of anilines is 2. The second kappa shape index (κ2) is 9.78. The molecule has 29 heavy (non-hydrogen) atoms. The van der Waals surface area contributed by atoms with E-state index in [1.54, 1.807) is 49.4 Å².